The van der Waals surface area contributed by atoms with Crippen LogP contribution in [0.1, 0.15) is 0 Å². The highest BCUT2D eigenvalue weighted by Crippen LogP contribution is 2.47. The number of hydrogen-bond acceptors (Lipinski definition) is 1. The lowest BCUT2D eigenvalue weighted by atomic mass is 9.99. The van der Waals surface area contributed by atoms with E-state index in [1.165, 1.54) is 109 Å². The molecule has 0 fully saturated rings. The molecule has 0 N–H and O–H groups in total. The fourth-order valence-electron chi connectivity index (χ4n) is 10.3. The highest BCUT2D eigenvalue weighted by Gasteiger charge is 2.25. The van der Waals surface area contributed by atoms with Crippen LogP contribution < -0.4 is 0 Å². The van der Waals surface area contributed by atoms with Crippen LogP contribution in [0.3, 0.4) is 0 Å². The Morgan fingerprint density at radius 3 is 1.95 bits per heavy atom. The van der Waals surface area contributed by atoms with E-state index < -0.39 is 0 Å². The van der Waals surface area contributed by atoms with Gasteiger partial charge in [-0.25, -0.2) is 4.98 Å². The Morgan fingerprint density at radius 2 is 1.05 bits per heavy atom. The van der Waals surface area contributed by atoms with E-state index in [0.29, 0.717) is 0 Å². The van der Waals surface area contributed by atoms with Crippen molar-refractivity contribution >= 4 is 109 Å². The number of nitrogens with zero attached hydrogens (tertiary/aromatic N) is 4. The number of hydrogen-bond donors (Lipinski definition) is 0. The summed E-state index contributed by atoms with van der Waals surface area (Å²) in [5.74, 6) is 0. The Morgan fingerprint density at radius 1 is 0.364 bits per heavy atom. The van der Waals surface area contributed by atoms with Crippen LogP contribution in [-0.4, -0.2) is 18.4 Å². The molecule has 0 aliphatic heterocycles. The summed E-state index contributed by atoms with van der Waals surface area (Å²) >= 11 is 0. The molecule has 0 atom stereocenters. The molecule has 0 radical (unpaired) electrons. The van der Waals surface area contributed by atoms with Crippen LogP contribution in [0.4, 0.5) is 0 Å². The molecular formula is C51H28N4. The number of benzene rings is 8. The molecule has 0 spiro atoms. The summed E-state index contributed by atoms with van der Waals surface area (Å²) in [7, 11) is 0. The van der Waals surface area contributed by atoms with Crippen LogP contribution in [0, 0.1) is 0 Å². The van der Waals surface area contributed by atoms with Gasteiger partial charge in [-0.2, -0.15) is 0 Å². The van der Waals surface area contributed by atoms with Crippen molar-refractivity contribution in [3.8, 4) is 16.8 Å². The van der Waals surface area contributed by atoms with Crippen molar-refractivity contribution in [2.45, 2.75) is 0 Å². The van der Waals surface area contributed by atoms with Crippen LogP contribution in [0.25, 0.3) is 126 Å². The molecule has 0 aliphatic carbocycles. The van der Waals surface area contributed by atoms with Crippen molar-refractivity contribution in [2.75, 3.05) is 0 Å². The summed E-state index contributed by atoms with van der Waals surface area (Å²) in [6.07, 6.45) is 0. The first-order valence-electron chi connectivity index (χ1n) is 19.0. The largest absolute Gasteiger partial charge is 0.309 e. The second-order valence-electron chi connectivity index (χ2n) is 15.1. The molecule has 0 amide bonds. The fourth-order valence-corrected chi connectivity index (χ4v) is 10.3. The average Bonchev–Trinajstić information content (AvgIpc) is 4.03. The molecule has 8 aromatic carbocycles. The third-order valence-electron chi connectivity index (χ3n) is 12.4. The lowest BCUT2D eigenvalue weighted by Gasteiger charge is -2.09. The van der Waals surface area contributed by atoms with E-state index in [9.17, 15) is 0 Å². The fraction of sp³-hybridized carbons (Fsp3) is 0. The number of fused-ring (bicyclic) bond motifs is 17. The Balaban J connectivity index is 1.12. The molecule has 14 rings (SSSR count). The van der Waals surface area contributed by atoms with Gasteiger partial charge in [-0.3, -0.25) is 4.40 Å². The van der Waals surface area contributed by atoms with E-state index in [1.807, 2.05) is 0 Å². The van der Waals surface area contributed by atoms with Crippen molar-refractivity contribution < 1.29 is 0 Å². The molecule has 14 aromatic rings. The minimum atomic E-state index is 1.02. The van der Waals surface area contributed by atoms with Crippen molar-refractivity contribution in [1.29, 1.82) is 0 Å². The topological polar surface area (TPSA) is 26.6 Å². The van der Waals surface area contributed by atoms with Gasteiger partial charge in [-0.1, -0.05) is 121 Å². The van der Waals surface area contributed by atoms with E-state index in [-0.39, 0.29) is 0 Å². The quantitative estimate of drug-likeness (QED) is 0.177. The van der Waals surface area contributed by atoms with Crippen LogP contribution in [-0.2, 0) is 0 Å². The van der Waals surface area contributed by atoms with Crippen molar-refractivity contribution in [3.05, 3.63) is 170 Å². The zero-order valence-electron chi connectivity index (χ0n) is 29.5. The average molecular weight is 697 g/mol. The summed E-state index contributed by atoms with van der Waals surface area (Å²) in [5, 5.41) is 13.8. The summed E-state index contributed by atoms with van der Waals surface area (Å²) < 4.78 is 7.32. The smallest absolute Gasteiger partial charge is 0.146 e. The van der Waals surface area contributed by atoms with Gasteiger partial charge < -0.3 is 8.97 Å². The Hall–Kier alpha value is -7.43. The highest BCUT2D eigenvalue weighted by molar-refractivity contribution is 6.32. The maximum Gasteiger partial charge on any atom is 0.146 e. The van der Waals surface area contributed by atoms with Crippen LogP contribution in [0.15, 0.2) is 170 Å². The van der Waals surface area contributed by atoms with E-state index >= 15 is 0 Å². The minimum Gasteiger partial charge on any atom is -0.309 e. The first kappa shape index (κ1) is 28.1. The van der Waals surface area contributed by atoms with Crippen molar-refractivity contribution in [2.24, 2.45) is 0 Å². The molecule has 0 aliphatic rings. The third-order valence-corrected chi connectivity index (χ3v) is 12.4. The summed E-state index contributed by atoms with van der Waals surface area (Å²) in [6.45, 7) is 0. The van der Waals surface area contributed by atoms with Gasteiger partial charge in [-0.15, -0.1) is 0 Å². The molecule has 6 heterocycles. The van der Waals surface area contributed by atoms with Gasteiger partial charge in [0.2, 0.25) is 0 Å². The van der Waals surface area contributed by atoms with Crippen molar-refractivity contribution in [1.82, 2.24) is 18.4 Å². The minimum absolute atomic E-state index is 1.02. The molecule has 252 valence electrons. The summed E-state index contributed by atoms with van der Waals surface area (Å²) in [4.78, 5) is 5.65. The predicted molar refractivity (Wildman–Crippen MR) is 231 cm³/mol. The molecule has 6 aromatic heterocycles. The zero-order chi connectivity index (χ0) is 35.5. The van der Waals surface area contributed by atoms with Crippen LogP contribution >= 0.6 is 0 Å². The van der Waals surface area contributed by atoms with E-state index in [4.69, 9.17) is 4.98 Å². The summed E-state index contributed by atoms with van der Waals surface area (Å²) in [5.41, 5.74) is 14.1. The molecule has 0 bridgehead atoms. The van der Waals surface area contributed by atoms with Gasteiger partial charge in [0.15, 0.2) is 0 Å². The maximum absolute atomic E-state index is 5.65. The normalized spacial score (nSPS) is 12.7. The predicted octanol–water partition coefficient (Wildman–Crippen LogP) is 13.3. The Bertz CT molecular complexity index is 3940. The lowest BCUT2D eigenvalue weighted by molar-refractivity contribution is 1.18. The van der Waals surface area contributed by atoms with Gasteiger partial charge in [0.1, 0.15) is 5.65 Å². The standard InChI is InChI=1S/C51H28N4/c1-2-13-31(14-3-1)53-42-22-8-6-16-34(42)39-26-30(24-25-44(39)53)33-18-10-19-35-36-20-11-21-38-47-45(54(48(33)35)49(36)38)28-41-40-27-29-12-4-5-15-32(29)46-37-17-7-9-23-43(37)55(50(40)46)51(41)52-47/h1-28H. The first-order chi connectivity index (χ1) is 27.3. The SMILES string of the molecule is c1ccc(-n2c3ccccc3c3cc(-c4cccc5c6cccc7c8nc9c(cc8n(c45)c67)c4cc5ccccc5c5c6ccccc6n9c45)ccc32)cc1. The second-order valence-corrected chi connectivity index (χ2v) is 15.1. The van der Waals surface area contributed by atoms with Gasteiger partial charge >= 0.3 is 0 Å². The summed E-state index contributed by atoms with van der Waals surface area (Å²) in [6, 6.07) is 62.5. The molecule has 0 saturated heterocycles. The molecule has 0 saturated carbocycles. The molecule has 55 heavy (non-hydrogen) atoms. The first-order valence-corrected chi connectivity index (χ1v) is 19.0. The van der Waals surface area contributed by atoms with Gasteiger partial charge in [-0.05, 0) is 64.9 Å². The van der Waals surface area contributed by atoms with E-state index in [2.05, 4.69) is 183 Å². The monoisotopic (exact) mass is 696 g/mol. The zero-order valence-corrected chi connectivity index (χ0v) is 29.5. The van der Waals surface area contributed by atoms with E-state index in [1.54, 1.807) is 0 Å². The Labute approximate surface area is 313 Å². The molecule has 0 unspecified atom stereocenters. The maximum atomic E-state index is 5.65. The number of aromatic nitrogens is 4. The Kier molecular flexibility index (Phi) is 4.99. The third kappa shape index (κ3) is 3.33. The number of para-hydroxylation sites is 5. The van der Waals surface area contributed by atoms with Gasteiger partial charge in [0, 0.05) is 59.7 Å². The van der Waals surface area contributed by atoms with Crippen molar-refractivity contribution in [3.63, 3.8) is 0 Å². The number of pyridine rings is 1. The second kappa shape index (κ2) is 9.75. The molecule has 4 nitrogen and oxygen atoms in total. The molecule has 4 heteroatoms. The van der Waals surface area contributed by atoms with Gasteiger partial charge in [0.05, 0.1) is 44.1 Å². The lowest BCUT2D eigenvalue weighted by Crippen LogP contribution is -1.93. The van der Waals surface area contributed by atoms with E-state index in [0.717, 1.165) is 16.7 Å². The van der Waals surface area contributed by atoms with Crippen LogP contribution in [0.5, 0.6) is 0 Å². The van der Waals surface area contributed by atoms with Gasteiger partial charge in [0.25, 0.3) is 0 Å². The highest BCUT2D eigenvalue weighted by atomic mass is 15.0. The number of rotatable bonds is 2. The molecular weight excluding hydrogens is 669 g/mol. The van der Waals surface area contributed by atoms with Crippen LogP contribution in [0.2, 0.25) is 0 Å².